The van der Waals surface area contributed by atoms with Crippen molar-refractivity contribution in [3.63, 3.8) is 0 Å². The van der Waals surface area contributed by atoms with Crippen LogP contribution in [0.4, 0.5) is 0 Å². The summed E-state index contributed by atoms with van der Waals surface area (Å²) in [5.41, 5.74) is 1.99. The fourth-order valence-electron chi connectivity index (χ4n) is 3.37. The van der Waals surface area contributed by atoms with E-state index in [0.717, 1.165) is 0 Å². The number of halogens is 4. The molecule has 4 aromatic carbocycles. The highest BCUT2D eigenvalue weighted by Crippen LogP contribution is 2.40. The van der Waals surface area contributed by atoms with Crippen LogP contribution in [0.3, 0.4) is 0 Å². The van der Waals surface area contributed by atoms with E-state index in [1.807, 2.05) is 0 Å². The molecule has 0 fully saturated rings. The van der Waals surface area contributed by atoms with Gasteiger partial charge in [-0.05, 0) is 48.5 Å². The lowest BCUT2D eigenvalue weighted by atomic mass is 10.1. The van der Waals surface area contributed by atoms with Crippen molar-refractivity contribution in [1.82, 2.24) is 0 Å². The second-order valence-electron chi connectivity index (χ2n) is 6.74. The molecule has 0 radical (unpaired) electrons. The predicted molar refractivity (Wildman–Crippen MR) is 129 cm³/mol. The second kappa shape index (κ2) is 8.85. The van der Waals surface area contributed by atoms with Gasteiger partial charge < -0.3 is 0 Å². The van der Waals surface area contributed by atoms with Gasteiger partial charge in [-0.25, -0.2) is 8.42 Å². The summed E-state index contributed by atoms with van der Waals surface area (Å²) in [4.78, 5) is 0.231. The van der Waals surface area contributed by atoms with Crippen molar-refractivity contribution < 1.29 is 8.42 Å². The van der Waals surface area contributed by atoms with Crippen LogP contribution in [-0.2, 0) is 9.84 Å². The maximum absolute atomic E-state index is 13.9. The molecular formula is C24H14Cl4O2S. The third-order valence-corrected chi connectivity index (χ3v) is 7.79. The van der Waals surface area contributed by atoms with Crippen molar-refractivity contribution >= 4 is 56.2 Å². The zero-order chi connectivity index (χ0) is 22.2. The van der Waals surface area contributed by atoms with Crippen LogP contribution in [-0.4, -0.2) is 8.42 Å². The maximum Gasteiger partial charge on any atom is 0.207 e. The van der Waals surface area contributed by atoms with E-state index in [4.69, 9.17) is 46.4 Å². The van der Waals surface area contributed by atoms with Gasteiger partial charge in [-0.2, -0.15) is 0 Å². The smallest absolute Gasteiger partial charge is 0.207 e. The molecule has 0 bridgehead atoms. The van der Waals surface area contributed by atoms with Crippen molar-refractivity contribution in [2.45, 2.75) is 9.79 Å². The monoisotopic (exact) mass is 506 g/mol. The van der Waals surface area contributed by atoms with Crippen LogP contribution in [0, 0.1) is 0 Å². The van der Waals surface area contributed by atoms with Crippen molar-refractivity contribution in [2.24, 2.45) is 0 Å². The van der Waals surface area contributed by atoms with Gasteiger partial charge >= 0.3 is 0 Å². The molecular weight excluding hydrogens is 494 g/mol. The van der Waals surface area contributed by atoms with Gasteiger partial charge in [-0.1, -0.05) is 82.8 Å². The molecule has 31 heavy (non-hydrogen) atoms. The molecule has 0 N–H and O–H groups in total. The molecule has 7 heteroatoms. The highest BCUT2D eigenvalue weighted by Gasteiger charge is 2.26. The van der Waals surface area contributed by atoms with Crippen molar-refractivity contribution in [3.05, 3.63) is 105 Å². The normalized spacial score (nSPS) is 11.5. The summed E-state index contributed by atoms with van der Waals surface area (Å²) in [6.07, 6.45) is 0. The minimum atomic E-state index is -3.96. The second-order valence-corrected chi connectivity index (χ2v) is 10.3. The Kier molecular flexibility index (Phi) is 6.34. The van der Waals surface area contributed by atoms with E-state index in [0.29, 0.717) is 42.3 Å². The summed E-state index contributed by atoms with van der Waals surface area (Å²) in [6.45, 7) is 0. The number of sulfone groups is 1. The summed E-state index contributed by atoms with van der Waals surface area (Å²) < 4.78 is 27.7. The van der Waals surface area contributed by atoms with Gasteiger partial charge in [0, 0.05) is 42.3 Å². The third kappa shape index (κ3) is 4.34. The molecule has 2 nitrogen and oxygen atoms in total. The van der Waals surface area contributed by atoms with Crippen LogP contribution in [0.1, 0.15) is 0 Å². The minimum Gasteiger partial charge on any atom is -0.218 e. The zero-order valence-corrected chi connectivity index (χ0v) is 19.7. The topological polar surface area (TPSA) is 34.1 Å². The molecule has 0 aliphatic rings. The molecule has 0 saturated heterocycles. The number of hydrogen-bond donors (Lipinski definition) is 0. The van der Waals surface area contributed by atoms with Crippen LogP contribution in [0.15, 0.2) is 94.7 Å². The van der Waals surface area contributed by atoms with Crippen LogP contribution in [0.5, 0.6) is 0 Å². The molecule has 4 aromatic rings. The highest BCUT2D eigenvalue weighted by atomic mass is 35.5. The van der Waals surface area contributed by atoms with Crippen LogP contribution in [0.2, 0.25) is 20.1 Å². The number of rotatable bonds is 4. The lowest BCUT2D eigenvalue weighted by molar-refractivity contribution is 0.596. The van der Waals surface area contributed by atoms with E-state index >= 15 is 0 Å². The van der Waals surface area contributed by atoms with Gasteiger partial charge in [0.2, 0.25) is 9.84 Å². The molecule has 0 aliphatic carbocycles. The van der Waals surface area contributed by atoms with E-state index in [-0.39, 0.29) is 9.79 Å². The van der Waals surface area contributed by atoms with Gasteiger partial charge in [0.1, 0.15) is 0 Å². The molecule has 0 unspecified atom stereocenters. The third-order valence-electron chi connectivity index (χ3n) is 4.79. The zero-order valence-electron chi connectivity index (χ0n) is 15.8. The Morgan fingerprint density at radius 1 is 0.484 bits per heavy atom. The molecule has 0 aromatic heterocycles. The van der Waals surface area contributed by atoms with Gasteiger partial charge in [0.05, 0.1) is 9.79 Å². The Morgan fingerprint density at radius 2 is 0.871 bits per heavy atom. The highest BCUT2D eigenvalue weighted by molar-refractivity contribution is 7.91. The molecule has 0 atom stereocenters. The van der Waals surface area contributed by atoms with Crippen molar-refractivity contribution in [2.75, 3.05) is 0 Å². The molecule has 0 aliphatic heterocycles. The molecule has 0 spiro atoms. The minimum absolute atomic E-state index is 0.116. The Bertz CT molecular complexity index is 1300. The van der Waals surface area contributed by atoms with E-state index in [2.05, 4.69) is 0 Å². The molecule has 156 valence electrons. The summed E-state index contributed by atoms with van der Waals surface area (Å²) in [7, 11) is -3.96. The standard InChI is InChI=1S/C24H14Cl4O2S/c25-15-9-11-21(27)19(13-15)17-5-1-3-7-23(17)31(29,30)24-8-4-2-6-18(24)20-14-16(26)10-12-22(20)28/h1-14H. The lowest BCUT2D eigenvalue weighted by Gasteiger charge is -2.16. The first-order valence-electron chi connectivity index (χ1n) is 9.13. The number of hydrogen-bond acceptors (Lipinski definition) is 2. The Balaban J connectivity index is 1.97. The summed E-state index contributed by atoms with van der Waals surface area (Å²) in [5, 5.41) is 1.71. The van der Waals surface area contributed by atoms with E-state index in [1.54, 1.807) is 84.9 Å². The average molecular weight is 508 g/mol. The van der Waals surface area contributed by atoms with Gasteiger partial charge in [-0.15, -0.1) is 0 Å². The van der Waals surface area contributed by atoms with Gasteiger partial charge in [0.15, 0.2) is 0 Å². The molecule has 4 rings (SSSR count). The van der Waals surface area contributed by atoms with Crippen molar-refractivity contribution in [3.8, 4) is 22.3 Å². The van der Waals surface area contributed by atoms with E-state index in [1.165, 1.54) is 0 Å². The first-order chi connectivity index (χ1) is 14.8. The van der Waals surface area contributed by atoms with E-state index in [9.17, 15) is 8.42 Å². The molecule has 0 amide bonds. The summed E-state index contributed by atoms with van der Waals surface area (Å²) >= 11 is 25.1. The SMILES string of the molecule is O=S(=O)(c1ccccc1-c1cc(Cl)ccc1Cl)c1ccccc1-c1cc(Cl)ccc1Cl. The average Bonchev–Trinajstić information content (AvgIpc) is 2.77. The first kappa shape index (κ1) is 22.2. The first-order valence-corrected chi connectivity index (χ1v) is 12.1. The Labute approximate surface area is 200 Å². The van der Waals surface area contributed by atoms with Crippen molar-refractivity contribution in [1.29, 1.82) is 0 Å². The van der Waals surface area contributed by atoms with Crippen LogP contribution in [0.25, 0.3) is 22.3 Å². The molecule has 0 saturated carbocycles. The van der Waals surface area contributed by atoms with Crippen LogP contribution < -0.4 is 0 Å². The number of benzene rings is 4. The Morgan fingerprint density at radius 3 is 1.29 bits per heavy atom. The van der Waals surface area contributed by atoms with E-state index < -0.39 is 9.84 Å². The summed E-state index contributed by atoms with van der Waals surface area (Å²) in [5.74, 6) is 0. The summed E-state index contributed by atoms with van der Waals surface area (Å²) in [6, 6.07) is 23.3. The fourth-order valence-corrected chi connectivity index (χ4v) is 5.84. The fraction of sp³-hybridized carbons (Fsp3) is 0. The molecule has 0 heterocycles. The van der Waals surface area contributed by atoms with Gasteiger partial charge in [-0.3, -0.25) is 0 Å². The lowest BCUT2D eigenvalue weighted by Crippen LogP contribution is -2.06. The van der Waals surface area contributed by atoms with Gasteiger partial charge in [0.25, 0.3) is 0 Å². The van der Waals surface area contributed by atoms with Crippen LogP contribution >= 0.6 is 46.4 Å². The predicted octanol–water partition coefficient (Wildman–Crippen LogP) is 8.47. The largest absolute Gasteiger partial charge is 0.218 e. The maximum atomic E-state index is 13.9. The Hall–Kier alpha value is -2.01. The quantitative estimate of drug-likeness (QED) is 0.277.